The fourth-order valence-corrected chi connectivity index (χ4v) is 5.26. The van der Waals surface area contributed by atoms with E-state index in [4.69, 9.17) is 9.47 Å². The molecule has 0 spiro atoms. The average Bonchev–Trinajstić information content (AvgIpc) is 3.42. The third-order valence-corrected chi connectivity index (χ3v) is 7.02. The van der Waals surface area contributed by atoms with E-state index in [9.17, 15) is 9.59 Å². The van der Waals surface area contributed by atoms with Gasteiger partial charge in [0.1, 0.15) is 22.2 Å². The van der Waals surface area contributed by atoms with Gasteiger partial charge in [0.2, 0.25) is 0 Å². The number of aryl methyl sites for hydroxylation is 1. The molecule has 2 N–H and O–H groups in total. The molecule has 0 aliphatic heterocycles. The second-order valence-electron chi connectivity index (χ2n) is 10.1. The molecule has 2 amide bonds. The van der Waals surface area contributed by atoms with Crippen molar-refractivity contribution in [2.45, 2.75) is 64.5 Å². The highest BCUT2D eigenvalue weighted by molar-refractivity contribution is 7.11. The van der Waals surface area contributed by atoms with Gasteiger partial charge < -0.3 is 20.1 Å². The molecule has 0 fully saturated rings. The van der Waals surface area contributed by atoms with Crippen molar-refractivity contribution in [3.8, 4) is 11.1 Å². The van der Waals surface area contributed by atoms with E-state index in [0.29, 0.717) is 13.0 Å². The van der Waals surface area contributed by atoms with Crippen LogP contribution in [0.1, 0.15) is 73.1 Å². The van der Waals surface area contributed by atoms with E-state index in [1.54, 1.807) is 0 Å². The maximum absolute atomic E-state index is 12.9. The molecule has 0 radical (unpaired) electrons. The molecule has 0 saturated heterocycles. The fraction of sp³-hybridized carbons (Fsp3) is 0.429. The lowest BCUT2D eigenvalue weighted by Crippen LogP contribution is -2.33. The van der Waals surface area contributed by atoms with Gasteiger partial charge in [0.15, 0.2) is 0 Å². The quantitative estimate of drug-likeness (QED) is 0.328. The Bertz CT molecular complexity index is 1190. The molecule has 0 unspecified atom stereocenters. The zero-order chi connectivity index (χ0) is 26.4. The van der Waals surface area contributed by atoms with E-state index in [0.717, 1.165) is 22.9 Å². The highest BCUT2D eigenvalue weighted by Crippen LogP contribution is 2.44. The number of hydrogen-bond donors (Lipinski definition) is 2. The monoisotopic (exact) mass is 522 g/mol. The van der Waals surface area contributed by atoms with E-state index in [-0.39, 0.29) is 18.6 Å². The molecule has 3 aromatic rings. The molecule has 2 aromatic carbocycles. The van der Waals surface area contributed by atoms with Crippen LogP contribution in [0.25, 0.3) is 11.1 Å². The summed E-state index contributed by atoms with van der Waals surface area (Å²) in [6.45, 7) is 8.11. The first-order chi connectivity index (χ1) is 17.7. The first kappa shape index (κ1) is 26.6. The molecule has 37 heavy (non-hydrogen) atoms. The van der Waals surface area contributed by atoms with Crippen molar-refractivity contribution in [2.24, 2.45) is 0 Å². The van der Waals surface area contributed by atoms with Crippen molar-refractivity contribution < 1.29 is 19.1 Å². The molecule has 0 bridgehead atoms. The Morgan fingerprint density at radius 2 is 1.62 bits per heavy atom. The SMILES string of the molecule is Cc1nnc([C@H](CCCCNC(=O)OC(C)(C)C)NC(=O)OCC2c3ccccc3-c3ccccc32)s1. The van der Waals surface area contributed by atoms with E-state index in [1.165, 1.54) is 33.6 Å². The maximum Gasteiger partial charge on any atom is 0.407 e. The van der Waals surface area contributed by atoms with Crippen molar-refractivity contribution in [1.29, 1.82) is 0 Å². The van der Waals surface area contributed by atoms with Gasteiger partial charge in [-0.25, -0.2) is 9.59 Å². The third kappa shape index (κ3) is 7.07. The molecule has 9 heteroatoms. The minimum Gasteiger partial charge on any atom is -0.449 e. The standard InChI is InChI=1S/C28H34N4O4S/c1-18-31-32-25(37-18)24(15-9-10-16-29-26(33)36-28(2,3)4)30-27(34)35-17-23-21-13-7-5-11-19(21)20-12-6-8-14-22(20)23/h5-8,11-14,23-24H,9-10,15-17H2,1-4H3,(H,29,33)(H,30,34)/t24-/m0/s1. The van der Waals surface area contributed by atoms with Gasteiger partial charge in [0.25, 0.3) is 0 Å². The largest absolute Gasteiger partial charge is 0.449 e. The number of benzene rings is 2. The zero-order valence-electron chi connectivity index (χ0n) is 21.7. The number of amides is 2. The number of rotatable bonds is 9. The summed E-state index contributed by atoms with van der Waals surface area (Å²) in [7, 11) is 0. The van der Waals surface area contributed by atoms with Gasteiger partial charge in [-0.1, -0.05) is 59.9 Å². The summed E-state index contributed by atoms with van der Waals surface area (Å²) in [5.41, 5.74) is 4.19. The summed E-state index contributed by atoms with van der Waals surface area (Å²) in [6.07, 6.45) is 1.24. The van der Waals surface area contributed by atoms with Crippen LogP contribution in [-0.2, 0) is 9.47 Å². The number of nitrogens with zero attached hydrogens (tertiary/aromatic N) is 2. The van der Waals surface area contributed by atoms with Crippen molar-refractivity contribution in [3.63, 3.8) is 0 Å². The number of hydrogen-bond acceptors (Lipinski definition) is 7. The smallest absolute Gasteiger partial charge is 0.407 e. The number of fused-ring (bicyclic) bond motifs is 3. The molecule has 0 saturated carbocycles. The molecule has 4 rings (SSSR count). The fourth-order valence-electron chi connectivity index (χ4n) is 4.47. The van der Waals surface area contributed by atoms with E-state index < -0.39 is 17.8 Å². The maximum atomic E-state index is 12.9. The number of alkyl carbamates (subject to hydrolysis) is 2. The van der Waals surface area contributed by atoms with Gasteiger partial charge in [-0.05, 0) is 69.2 Å². The van der Waals surface area contributed by atoms with Gasteiger partial charge in [-0.2, -0.15) is 0 Å². The Labute approximate surface area is 221 Å². The van der Waals surface area contributed by atoms with Crippen molar-refractivity contribution >= 4 is 23.5 Å². The zero-order valence-corrected chi connectivity index (χ0v) is 22.6. The molecular weight excluding hydrogens is 488 g/mol. The topological polar surface area (TPSA) is 102 Å². The molecule has 8 nitrogen and oxygen atoms in total. The lowest BCUT2D eigenvalue weighted by Gasteiger charge is -2.20. The van der Waals surface area contributed by atoms with Crippen LogP contribution in [0, 0.1) is 6.92 Å². The summed E-state index contributed by atoms with van der Waals surface area (Å²) in [6, 6.07) is 16.2. The number of carbonyl (C=O) groups is 2. The van der Waals surface area contributed by atoms with Gasteiger partial charge in [0, 0.05) is 12.5 Å². The van der Waals surface area contributed by atoms with Gasteiger partial charge in [-0.3, -0.25) is 0 Å². The second kappa shape index (κ2) is 11.7. The van der Waals surface area contributed by atoms with E-state index in [1.807, 2.05) is 52.0 Å². The van der Waals surface area contributed by atoms with Gasteiger partial charge in [0.05, 0.1) is 6.04 Å². The number of nitrogens with one attached hydrogen (secondary N) is 2. The van der Waals surface area contributed by atoms with Crippen LogP contribution in [0.3, 0.4) is 0 Å². The summed E-state index contributed by atoms with van der Waals surface area (Å²) in [5.74, 6) is -0.000646. The van der Waals surface area contributed by atoms with Crippen LogP contribution in [0.5, 0.6) is 0 Å². The van der Waals surface area contributed by atoms with Crippen LogP contribution in [-0.4, -0.2) is 41.1 Å². The second-order valence-corrected chi connectivity index (χ2v) is 11.3. The normalized spacial score (nSPS) is 13.4. The van der Waals surface area contributed by atoms with E-state index in [2.05, 4.69) is 45.1 Å². The number of ether oxygens (including phenoxy) is 2. The molecule has 196 valence electrons. The third-order valence-electron chi connectivity index (χ3n) is 6.06. The minimum absolute atomic E-state index is 0.000646. The number of unbranched alkanes of at least 4 members (excludes halogenated alkanes) is 1. The van der Waals surface area contributed by atoms with Crippen LogP contribution in [0.15, 0.2) is 48.5 Å². The highest BCUT2D eigenvalue weighted by atomic mass is 32.1. The van der Waals surface area contributed by atoms with Crippen LogP contribution in [0.4, 0.5) is 9.59 Å². The Morgan fingerprint density at radius 3 is 2.22 bits per heavy atom. The highest BCUT2D eigenvalue weighted by Gasteiger charge is 2.29. The minimum atomic E-state index is -0.530. The van der Waals surface area contributed by atoms with Crippen molar-refractivity contribution in [3.05, 3.63) is 69.7 Å². The Hall–Kier alpha value is -3.46. The summed E-state index contributed by atoms with van der Waals surface area (Å²) < 4.78 is 11.0. The molecule has 1 aliphatic carbocycles. The molecular formula is C28H34N4O4S. The van der Waals surface area contributed by atoms with Crippen LogP contribution >= 0.6 is 11.3 Å². The molecule has 1 aromatic heterocycles. The first-order valence-corrected chi connectivity index (χ1v) is 13.4. The molecule has 1 atom stereocenters. The van der Waals surface area contributed by atoms with Crippen LogP contribution in [0.2, 0.25) is 0 Å². The average molecular weight is 523 g/mol. The summed E-state index contributed by atoms with van der Waals surface area (Å²) >= 11 is 1.46. The van der Waals surface area contributed by atoms with Crippen molar-refractivity contribution in [2.75, 3.05) is 13.2 Å². The van der Waals surface area contributed by atoms with Gasteiger partial charge >= 0.3 is 12.2 Å². The molecule has 1 heterocycles. The first-order valence-electron chi connectivity index (χ1n) is 12.6. The predicted octanol–water partition coefficient (Wildman–Crippen LogP) is 6.12. The Morgan fingerprint density at radius 1 is 0.973 bits per heavy atom. The van der Waals surface area contributed by atoms with Gasteiger partial charge in [-0.15, -0.1) is 10.2 Å². The van der Waals surface area contributed by atoms with Crippen molar-refractivity contribution in [1.82, 2.24) is 20.8 Å². The summed E-state index contributed by atoms with van der Waals surface area (Å²) in [4.78, 5) is 24.7. The predicted molar refractivity (Wildman–Crippen MR) is 144 cm³/mol. The number of carbonyl (C=O) groups excluding carboxylic acids is 2. The summed E-state index contributed by atoms with van der Waals surface area (Å²) in [5, 5.41) is 15.7. The number of aromatic nitrogens is 2. The lowest BCUT2D eigenvalue weighted by molar-refractivity contribution is 0.0527. The molecule has 1 aliphatic rings. The lowest BCUT2D eigenvalue weighted by atomic mass is 9.98. The Balaban J connectivity index is 1.31. The van der Waals surface area contributed by atoms with E-state index >= 15 is 0 Å². The Kier molecular flexibility index (Phi) is 8.43. The van der Waals surface area contributed by atoms with Crippen LogP contribution < -0.4 is 10.6 Å².